The van der Waals surface area contributed by atoms with E-state index < -0.39 is 0 Å². The number of benzene rings is 1. The van der Waals surface area contributed by atoms with Gasteiger partial charge in [0.2, 0.25) is 0 Å². The molecule has 0 bridgehead atoms. The summed E-state index contributed by atoms with van der Waals surface area (Å²) in [6.45, 7) is 2.10. The van der Waals surface area contributed by atoms with Crippen molar-refractivity contribution >= 4 is 0 Å². The minimum Gasteiger partial charge on any atom is -0.316 e. The predicted octanol–water partition coefficient (Wildman–Crippen LogP) is 2.07. The Balaban J connectivity index is 2.08. The lowest BCUT2D eigenvalue weighted by atomic mass is 10.1. The normalized spacial score (nSPS) is 28.8. The lowest BCUT2D eigenvalue weighted by Crippen LogP contribution is -2.10. The average molecular weight is 162 g/mol. The van der Waals surface area contributed by atoms with Gasteiger partial charge in [-0.3, -0.25) is 0 Å². The van der Waals surface area contributed by atoms with E-state index in [1.54, 1.807) is 5.31 Å². The number of nitrogens with one attached hydrogen (secondary N) is 1. The molecule has 2 rings (SSSR count). The Kier molecular flexibility index (Phi) is 1.62. The molecule has 1 aliphatic rings. The summed E-state index contributed by atoms with van der Waals surface area (Å²) in [5, 5.41) is 1.57. The van der Waals surface area contributed by atoms with E-state index in [1.165, 1.54) is 11.1 Å². The molecule has 64 valence electrons. The minimum atomic E-state index is 0.447. The average Bonchev–Trinajstić information content (AvgIpc) is 2.85. The Bertz CT molecular complexity index is 291. The monoisotopic (exact) mass is 162 g/mol. The summed E-state index contributed by atoms with van der Waals surface area (Å²) in [5.41, 5.74) is 2.69. The van der Waals surface area contributed by atoms with Gasteiger partial charge in [-0.1, -0.05) is 29.8 Å². The second-order valence-electron chi connectivity index (χ2n) is 3.58. The zero-order chi connectivity index (χ0) is 9.42. The fourth-order valence-electron chi connectivity index (χ4n) is 1.64. The highest BCUT2D eigenvalue weighted by Crippen LogP contribution is 2.40. The molecule has 1 N–H and O–H groups in total. The summed E-state index contributed by atoms with van der Waals surface area (Å²) in [6.07, 6.45) is 1.14. The number of rotatable bonds is 2. The molecule has 1 fully saturated rings. The highest BCUT2D eigenvalue weighted by Gasteiger charge is 2.36. The molecule has 0 aliphatic heterocycles. The van der Waals surface area contributed by atoms with Gasteiger partial charge in [0.15, 0.2) is 0 Å². The van der Waals surface area contributed by atoms with E-state index in [-0.39, 0.29) is 0 Å². The van der Waals surface area contributed by atoms with Crippen LogP contribution in [0.1, 0.15) is 23.5 Å². The molecule has 0 aromatic heterocycles. The van der Waals surface area contributed by atoms with Crippen LogP contribution in [-0.2, 0) is 0 Å². The highest BCUT2D eigenvalue weighted by atomic mass is 14.9. The van der Waals surface area contributed by atoms with E-state index in [0.29, 0.717) is 12.0 Å². The quantitative estimate of drug-likeness (QED) is 0.702. The summed E-state index contributed by atoms with van der Waals surface area (Å²) in [7, 11) is 1.83. The van der Waals surface area contributed by atoms with Gasteiger partial charge in [-0.2, -0.15) is 0 Å². The Morgan fingerprint density at radius 2 is 2.08 bits per heavy atom. The maximum atomic E-state index is 7.45. The minimum absolute atomic E-state index is 0.447. The lowest BCUT2D eigenvalue weighted by Gasteiger charge is -1.99. The SMILES string of the molecule is [2H]N(C)C1CC1c1ccc(C)cc1. The zero-order valence-corrected chi connectivity index (χ0v) is 7.62. The number of likely N-dealkylation sites (N-methyl/N-ethyl adjacent to an activating group) is 1. The largest absolute Gasteiger partial charge is 0.316 e. The first kappa shape index (κ1) is 6.67. The van der Waals surface area contributed by atoms with Crippen LogP contribution in [0.3, 0.4) is 0 Å². The summed E-state index contributed by atoms with van der Waals surface area (Å²) < 4.78 is 7.45. The Labute approximate surface area is 75.3 Å². The Hall–Kier alpha value is -0.820. The van der Waals surface area contributed by atoms with Gasteiger partial charge < -0.3 is 5.31 Å². The molecule has 0 spiro atoms. The molecule has 0 saturated heterocycles. The van der Waals surface area contributed by atoms with Crippen LogP contribution in [0.5, 0.6) is 0 Å². The maximum absolute atomic E-state index is 7.45. The Morgan fingerprint density at radius 3 is 2.58 bits per heavy atom. The van der Waals surface area contributed by atoms with Crippen molar-refractivity contribution in [3.05, 3.63) is 35.4 Å². The standard InChI is InChI=1S/C11H15N/c1-8-3-5-9(6-4-8)10-7-11(10)12-2/h3-6,10-12H,7H2,1-2H3/i/hD. The van der Waals surface area contributed by atoms with Crippen molar-refractivity contribution in [1.82, 2.24) is 5.31 Å². The molecule has 1 aromatic carbocycles. The van der Waals surface area contributed by atoms with Gasteiger partial charge in [0.05, 0.1) is 0 Å². The fraction of sp³-hybridized carbons (Fsp3) is 0.455. The topological polar surface area (TPSA) is 12.0 Å². The molecule has 1 heteroatoms. The highest BCUT2D eigenvalue weighted by molar-refractivity contribution is 5.30. The smallest absolute Gasteiger partial charge is 0.122 e. The molecule has 0 heterocycles. The van der Waals surface area contributed by atoms with Crippen molar-refractivity contribution in [3.8, 4) is 0 Å². The third-order valence-corrected chi connectivity index (χ3v) is 2.59. The van der Waals surface area contributed by atoms with Crippen molar-refractivity contribution < 1.29 is 1.41 Å². The third kappa shape index (κ3) is 1.37. The van der Waals surface area contributed by atoms with Crippen LogP contribution >= 0.6 is 0 Å². The first-order valence-electron chi connectivity index (χ1n) is 4.91. The van der Waals surface area contributed by atoms with Crippen molar-refractivity contribution in [2.75, 3.05) is 7.05 Å². The maximum Gasteiger partial charge on any atom is 0.122 e. The van der Waals surface area contributed by atoms with Gasteiger partial charge in [0, 0.05) is 12.0 Å². The third-order valence-electron chi connectivity index (χ3n) is 2.59. The van der Waals surface area contributed by atoms with Crippen molar-refractivity contribution in [2.45, 2.75) is 25.3 Å². The van der Waals surface area contributed by atoms with Crippen LogP contribution in [0, 0.1) is 6.92 Å². The van der Waals surface area contributed by atoms with E-state index in [4.69, 9.17) is 1.41 Å². The molecule has 1 nitrogen and oxygen atoms in total. The molecule has 2 atom stereocenters. The fourth-order valence-corrected chi connectivity index (χ4v) is 1.64. The first-order chi connectivity index (χ1) is 6.18. The van der Waals surface area contributed by atoms with Gasteiger partial charge in [-0.05, 0) is 26.0 Å². The molecule has 0 radical (unpaired) electrons. The van der Waals surface area contributed by atoms with Gasteiger partial charge >= 0.3 is 0 Å². The molecule has 1 aromatic rings. The van der Waals surface area contributed by atoms with Crippen LogP contribution < -0.4 is 5.31 Å². The summed E-state index contributed by atoms with van der Waals surface area (Å²) in [5.74, 6) is 0.600. The van der Waals surface area contributed by atoms with Gasteiger partial charge in [0.1, 0.15) is 1.41 Å². The number of aryl methyl sites for hydroxylation is 1. The van der Waals surface area contributed by atoms with Crippen molar-refractivity contribution in [3.63, 3.8) is 0 Å². The molecular formula is C11H15N. The molecule has 12 heavy (non-hydrogen) atoms. The van der Waals surface area contributed by atoms with Crippen LogP contribution in [-0.4, -0.2) is 13.1 Å². The summed E-state index contributed by atoms with van der Waals surface area (Å²) >= 11 is 0. The van der Waals surface area contributed by atoms with Crippen LogP contribution in [0.4, 0.5) is 0 Å². The first-order valence-corrected chi connectivity index (χ1v) is 4.47. The van der Waals surface area contributed by atoms with Gasteiger partial charge in [-0.15, -0.1) is 0 Å². The molecule has 2 unspecified atom stereocenters. The molecule has 1 saturated carbocycles. The van der Waals surface area contributed by atoms with Crippen LogP contribution in [0.25, 0.3) is 0 Å². The van der Waals surface area contributed by atoms with Gasteiger partial charge in [-0.25, -0.2) is 0 Å². The zero-order valence-electron chi connectivity index (χ0n) is 8.62. The van der Waals surface area contributed by atoms with Crippen molar-refractivity contribution in [2.24, 2.45) is 0 Å². The lowest BCUT2D eigenvalue weighted by molar-refractivity contribution is 0.783. The molecular weight excluding hydrogens is 146 g/mol. The molecule has 0 amide bonds. The van der Waals surface area contributed by atoms with E-state index in [2.05, 4.69) is 31.2 Å². The molecule has 1 aliphatic carbocycles. The van der Waals surface area contributed by atoms with E-state index in [9.17, 15) is 0 Å². The predicted molar refractivity (Wildman–Crippen MR) is 51.4 cm³/mol. The Morgan fingerprint density at radius 1 is 1.42 bits per heavy atom. The van der Waals surface area contributed by atoms with Gasteiger partial charge in [0.25, 0.3) is 0 Å². The van der Waals surface area contributed by atoms with E-state index in [1.807, 2.05) is 7.05 Å². The second-order valence-corrected chi connectivity index (χ2v) is 3.58. The van der Waals surface area contributed by atoms with E-state index in [0.717, 1.165) is 6.42 Å². The van der Waals surface area contributed by atoms with Crippen molar-refractivity contribution in [1.29, 1.82) is 0 Å². The van der Waals surface area contributed by atoms with Crippen LogP contribution in [0.15, 0.2) is 24.3 Å². The number of hydrogen-bond donors (Lipinski definition) is 1. The summed E-state index contributed by atoms with van der Waals surface area (Å²) in [4.78, 5) is 0. The summed E-state index contributed by atoms with van der Waals surface area (Å²) in [6, 6.07) is 9.11. The second kappa shape index (κ2) is 2.91. The van der Waals surface area contributed by atoms with E-state index >= 15 is 0 Å². The number of hydrogen-bond acceptors (Lipinski definition) is 1. The van der Waals surface area contributed by atoms with Crippen LogP contribution in [0.2, 0.25) is 1.41 Å².